The normalized spacial score (nSPS) is 56.6. The SMILES string of the molecule is CC1(C)CC2(CC(C)(C)C3CCC(O)C(O)C32)C2CC(O)C(N)CC21. The molecule has 0 heterocycles. The Hall–Kier alpha value is -0.160. The van der Waals surface area contributed by atoms with Crippen LogP contribution in [0, 0.1) is 39.9 Å². The second-order valence-electron chi connectivity index (χ2n) is 11.2. The summed E-state index contributed by atoms with van der Waals surface area (Å²) >= 11 is 0. The van der Waals surface area contributed by atoms with Crippen molar-refractivity contribution in [3.8, 4) is 0 Å². The number of hydrogen-bond acceptors (Lipinski definition) is 4. The van der Waals surface area contributed by atoms with Crippen LogP contribution < -0.4 is 5.73 Å². The second-order valence-corrected chi connectivity index (χ2v) is 11.2. The first-order valence-corrected chi connectivity index (χ1v) is 10.3. The molecular weight excluding hydrogens is 314 g/mol. The Bertz CT molecular complexity index is 547. The zero-order chi connectivity index (χ0) is 18.4. The summed E-state index contributed by atoms with van der Waals surface area (Å²) in [7, 11) is 0. The third kappa shape index (κ3) is 2.40. The smallest absolute Gasteiger partial charge is 0.0835 e. The maximum Gasteiger partial charge on any atom is 0.0835 e. The van der Waals surface area contributed by atoms with Gasteiger partial charge in [-0.3, -0.25) is 0 Å². The van der Waals surface area contributed by atoms with Crippen LogP contribution in [0.4, 0.5) is 0 Å². The van der Waals surface area contributed by atoms with Crippen molar-refractivity contribution in [3.05, 3.63) is 0 Å². The molecule has 4 rings (SSSR count). The maximum atomic E-state index is 11.0. The summed E-state index contributed by atoms with van der Waals surface area (Å²) in [6.07, 6.45) is 3.92. The fourth-order valence-corrected chi connectivity index (χ4v) is 8.27. The van der Waals surface area contributed by atoms with E-state index in [2.05, 4.69) is 27.7 Å². The van der Waals surface area contributed by atoms with Gasteiger partial charge in [0.2, 0.25) is 0 Å². The molecule has 0 aromatic heterocycles. The molecule has 25 heavy (non-hydrogen) atoms. The average Bonchev–Trinajstić information content (AvgIpc) is 2.84. The van der Waals surface area contributed by atoms with E-state index in [-0.39, 0.29) is 28.2 Å². The molecule has 9 unspecified atom stereocenters. The van der Waals surface area contributed by atoms with E-state index < -0.39 is 18.3 Å². The summed E-state index contributed by atoms with van der Waals surface area (Å²) in [4.78, 5) is 0. The van der Waals surface area contributed by atoms with Gasteiger partial charge in [0, 0.05) is 6.04 Å². The molecule has 0 radical (unpaired) electrons. The van der Waals surface area contributed by atoms with Gasteiger partial charge >= 0.3 is 0 Å². The van der Waals surface area contributed by atoms with Gasteiger partial charge in [0.25, 0.3) is 0 Å². The average molecular weight is 352 g/mol. The first kappa shape index (κ1) is 18.2. The Balaban J connectivity index is 1.79. The molecule has 0 bridgehead atoms. The predicted octanol–water partition coefficient (Wildman–Crippen LogP) is 2.29. The highest BCUT2D eigenvalue weighted by Gasteiger charge is 2.70. The molecular formula is C21H37NO3. The van der Waals surface area contributed by atoms with Crippen LogP contribution in [0.3, 0.4) is 0 Å². The summed E-state index contributed by atoms with van der Waals surface area (Å²) in [5, 5.41) is 32.0. The quantitative estimate of drug-likeness (QED) is 0.539. The van der Waals surface area contributed by atoms with Gasteiger partial charge in [-0.1, -0.05) is 27.7 Å². The van der Waals surface area contributed by atoms with Crippen LogP contribution in [-0.2, 0) is 0 Å². The summed E-state index contributed by atoms with van der Waals surface area (Å²) in [5.41, 5.74) is 6.63. The zero-order valence-corrected chi connectivity index (χ0v) is 16.3. The van der Waals surface area contributed by atoms with Crippen molar-refractivity contribution in [1.29, 1.82) is 0 Å². The van der Waals surface area contributed by atoms with Crippen LogP contribution in [0.1, 0.15) is 66.2 Å². The van der Waals surface area contributed by atoms with Crippen molar-refractivity contribution in [2.45, 2.75) is 90.6 Å². The lowest BCUT2D eigenvalue weighted by Crippen LogP contribution is -2.52. The Morgan fingerprint density at radius 3 is 2.00 bits per heavy atom. The highest BCUT2D eigenvalue weighted by atomic mass is 16.3. The van der Waals surface area contributed by atoms with Crippen molar-refractivity contribution in [1.82, 2.24) is 0 Å². The van der Waals surface area contributed by atoms with Crippen LogP contribution in [0.25, 0.3) is 0 Å². The van der Waals surface area contributed by atoms with Crippen LogP contribution >= 0.6 is 0 Å². The first-order valence-electron chi connectivity index (χ1n) is 10.3. The first-order chi connectivity index (χ1) is 11.5. The van der Waals surface area contributed by atoms with E-state index in [0.29, 0.717) is 24.2 Å². The summed E-state index contributed by atoms with van der Waals surface area (Å²) in [6, 6.07) is -0.122. The van der Waals surface area contributed by atoms with E-state index >= 15 is 0 Å². The van der Waals surface area contributed by atoms with Gasteiger partial charge in [0.1, 0.15) is 0 Å². The van der Waals surface area contributed by atoms with Crippen molar-refractivity contribution in [3.63, 3.8) is 0 Å². The van der Waals surface area contributed by atoms with E-state index in [1.165, 1.54) is 0 Å². The van der Waals surface area contributed by atoms with Gasteiger partial charge in [-0.25, -0.2) is 0 Å². The number of fused-ring (bicyclic) bond motifs is 4. The molecule has 5 N–H and O–H groups in total. The molecule has 4 aliphatic carbocycles. The number of rotatable bonds is 0. The van der Waals surface area contributed by atoms with Crippen molar-refractivity contribution in [2.24, 2.45) is 45.7 Å². The molecule has 4 saturated carbocycles. The van der Waals surface area contributed by atoms with Gasteiger partial charge in [0.15, 0.2) is 0 Å². The topological polar surface area (TPSA) is 86.7 Å². The van der Waals surface area contributed by atoms with Crippen molar-refractivity contribution >= 4 is 0 Å². The molecule has 0 amide bonds. The van der Waals surface area contributed by atoms with E-state index in [9.17, 15) is 15.3 Å². The highest BCUT2D eigenvalue weighted by molar-refractivity contribution is 5.19. The predicted molar refractivity (Wildman–Crippen MR) is 97.7 cm³/mol. The Morgan fingerprint density at radius 1 is 0.760 bits per heavy atom. The standard InChI is InChI=1S/C21H37NO3/c1-19(2)9-21(17-11(19)5-6-15(23)18(17)25)10-20(3,4)12-7-14(22)16(24)8-13(12)21/h11-18,23-25H,5-10,22H2,1-4H3. The maximum absolute atomic E-state index is 11.0. The van der Waals surface area contributed by atoms with Crippen LogP contribution in [0.2, 0.25) is 0 Å². The molecule has 4 heteroatoms. The largest absolute Gasteiger partial charge is 0.392 e. The molecule has 4 nitrogen and oxygen atoms in total. The fourth-order valence-electron chi connectivity index (χ4n) is 8.27. The minimum absolute atomic E-state index is 0.0320. The van der Waals surface area contributed by atoms with Crippen molar-refractivity contribution < 1.29 is 15.3 Å². The molecule has 4 fully saturated rings. The van der Waals surface area contributed by atoms with Gasteiger partial charge in [-0.15, -0.1) is 0 Å². The van der Waals surface area contributed by atoms with Crippen LogP contribution in [0.15, 0.2) is 0 Å². The monoisotopic (exact) mass is 351 g/mol. The number of aliphatic hydroxyl groups excluding tert-OH is 3. The molecule has 0 aromatic rings. The lowest BCUT2D eigenvalue weighted by atomic mass is 9.59. The molecule has 4 aliphatic rings. The zero-order valence-electron chi connectivity index (χ0n) is 16.3. The van der Waals surface area contributed by atoms with Gasteiger partial charge < -0.3 is 21.1 Å². The Labute approximate surface area is 152 Å². The van der Waals surface area contributed by atoms with Gasteiger partial charge in [-0.2, -0.15) is 0 Å². The third-order valence-electron chi connectivity index (χ3n) is 8.95. The minimum Gasteiger partial charge on any atom is -0.392 e. The fraction of sp³-hybridized carbons (Fsp3) is 1.00. The molecule has 0 aromatic carbocycles. The van der Waals surface area contributed by atoms with Crippen molar-refractivity contribution in [2.75, 3.05) is 0 Å². The second kappa shape index (κ2) is 5.43. The van der Waals surface area contributed by atoms with E-state index in [4.69, 9.17) is 5.73 Å². The molecule has 144 valence electrons. The molecule has 9 atom stereocenters. The molecule has 0 saturated heterocycles. The lowest BCUT2D eigenvalue weighted by Gasteiger charge is -2.48. The molecule has 1 spiro atoms. The van der Waals surface area contributed by atoms with Crippen LogP contribution in [-0.4, -0.2) is 39.7 Å². The summed E-state index contributed by atoms with van der Waals surface area (Å²) in [5.74, 6) is 1.54. The third-order valence-corrected chi connectivity index (χ3v) is 8.95. The minimum atomic E-state index is -0.622. The highest BCUT2D eigenvalue weighted by Crippen LogP contribution is 2.74. The Morgan fingerprint density at radius 2 is 1.36 bits per heavy atom. The van der Waals surface area contributed by atoms with E-state index in [0.717, 1.165) is 32.1 Å². The summed E-state index contributed by atoms with van der Waals surface area (Å²) in [6.45, 7) is 9.43. The number of hydrogen-bond donors (Lipinski definition) is 4. The lowest BCUT2D eigenvalue weighted by molar-refractivity contribution is -0.114. The van der Waals surface area contributed by atoms with E-state index in [1.807, 2.05) is 0 Å². The van der Waals surface area contributed by atoms with Gasteiger partial charge in [-0.05, 0) is 78.4 Å². The van der Waals surface area contributed by atoms with E-state index in [1.54, 1.807) is 0 Å². The summed E-state index contributed by atoms with van der Waals surface area (Å²) < 4.78 is 0. The number of nitrogens with two attached hydrogens (primary N) is 1. The van der Waals surface area contributed by atoms with Crippen LogP contribution in [0.5, 0.6) is 0 Å². The van der Waals surface area contributed by atoms with Gasteiger partial charge in [0.05, 0.1) is 18.3 Å². The Kier molecular flexibility index (Phi) is 3.96. The molecule has 0 aliphatic heterocycles. The number of aliphatic hydroxyl groups is 3.